The zero-order chi connectivity index (χ0) is 15.4. The molecule has 1 aromatic carbocycles. The molecule has 0 bridgehead atoms. The number of halogens is 1. The van der Waals surface area contributed by atoms with E-state index in [4.69, 9.17) is 0 Å². The Morgan fingerprint density at radius 3 is 2.57 bits per heavy atom. The van der Waals surface area contributed by atoms with Gasteiger partial charge >= 0.3 is 6.03 Å². The maximum absolute atomic E-state index is 12.8. The number of β-lactam (4-membered cyclic amide) rings is 1. The highest BCUT2D eigenvalue weighted by molar-refractivity contribution is 6.05. The summed E-state index contributed by atoms with van der Waals surface area (Å²) in [6.45, 7) is 0.107. The lowest BCUT2D eigenvalue weighted by Crippen LogP contribution is -2.65. The average molecular weight is 294 g/mol. The summed E-state index contributed by atoms with van der Waals surface area (Å²) in [7, 11) is 1.43. The van der Waals surface area contributed by atoms with Crippen molar-refractivity contribution in [2.24, 2.45) is 0 Å². The molecule has 0 radical (unpaired) electrons. The van der Waals surface area contributed by atoms with Crippen molar-refractivity contribution in [2.45, 2.75) is 6.04 Å². The number of nitrogens with one attached hydrogen (secondary N) is 3. The molecule has 0 spiro atoms. The molecule has 1 fully saturated rings. The standard InChI is InChI=1S/C13H15FN4O3/c1-15-13(21)16-6-11(19)17-10-7-18(12(10)20)9-4-2-8(14)3-5-9/h2-5,10H,6-7H2,1H3,(H,17,19)(H2,15,16,21)/t10-/m0/s1. The van der Waals surface area contributed by atoms with Crippen molar-refractivity contribution in [1.82, 2.24) is 16.0 Å². The number of nitrogens with zero attached hydrogens (tertiary/aromatic N) is 1. The minimum atomic E-state index is -0.617. The van der Waals surface area contributed by atoms with Gasteiger partial charge in [-0.15, -0.1) is 0 Å². The summed E-state index contributed by atoms with van der Waals surface area (Å²) in [4.78, 5) is 35.8. The molecular weight excluding hydrogens is 279 g/mol. The van der Waals surface area contributed by atoms with Crippen molar-refractivity contribution in [3.63, 3.8) is 0 Å². The Kier molecular flexibility index (Phi) is 4.36. The van der Waals surface area contributed by atoms with E-state index in [1.807, 2.05) is 0 Å². The molecule has 2 rings (SSSR count). The van der Waals surface area contributed by atoms with Crippen LogP contribution in [-0.2, 0) is 9.59 Å². The van der Waals surface area contributed by atoms with Gasteiger partial charge in [0, 0.05) is 12.7 Å². The molecule has 0 unspecified atom stereocenters. The molecule has 1 atom stereocenters. The van der Waals surface area contributed by atoms with E-state index in [9.17, 15) is 18.8 Å². The lowest BCUT2D eigenvalue weighted by Gasteiger charge is -2.38. The molecule has 1 heterocycles. The van der Waals surface area contributed by atoms with Crippen molar-refractivity contribution >= 4 is 23.5 Å². The van der Waals surface area contributed by atoms with Crippen LogP contribution in [0.3, 0.4) is 0 Å². The lowest BCUT2D eigenvalue weighted by molar-refractivity contribution is -0.130. The van der Waals surface area contributed by atoms with Gasteiger partial charge in [0.2, 0.25) is 5.91 Å². The Balaban J connectivity index is 1.81. The topological polar surface area (TPSA) is 90.5 Å². The van der Waals surface area contributed by atoms with E-state index in [1.54, 1.807) is 0 Å². The Bertz CT molecular complexity index is 561. The Labute approximate surface area is 120 Å². The van der Waals surface area contributed by atoms with E-state index in [1.165, 1.54) is 36.2 Å². The van der Waals surface area contributed by atoms with Crippen LogP contribution >= 0.6 is 0 Å². The summed E-state index contributed by atoms with van der Waals surface area (Å²) in [6, 6.07) is 4.44. The zero-order valence-electron chi connectivity index (χ0n) is 11.4. The van der Waals surface area contributed by atoms with Gasteiger partial charge in [-0.05, 0) is 24.3 Å². The van der Waals surface area contributed by atoms with Crippen molar-refractivity contribution in [3.8, 4) is 0 Å². The minimum Gasteiger partial charge on any atom is -0.341 e. The molecule has 0 saturated carbocycles. The van der Waals surface area contributed by atoms with E-state index < -0.39 is 18.0 Å². The van der Waals surface area contributed by atoms with Gasteiger partial charge < -0.3 is 20.9 Å². The predicted octanol–water partition coefficient (Wildman–Crippen LogP) is -0.414. The number of urea groups is 1. The number of amides is 4. The molecule has 7 nitrogen and oxygen atoms in total. The third-order valence-electron chi connectivity index (χ3n) is 3.04. The van der Waals surface area contributed by atoms with Crippen molar-refractivity contribution < 1.29 is 18.8 Å². The largest absolute Gasteiger partial charge is 0.341 e. The molecule has 112 valence electrons. The number of hydrogen-bond acceptors (Lipinski definition) is 3. The van der Waals surface area contributed by atoms with Gasteiger partial charge in [0.05, 0.1) is 13.1 Å². The van der Waals surface area contributed by atoms with Crippen molar-refractivity contribution in [2.75, 3.05) is 25.0 Å². The zero-order valence-corrected chi connectivity index (χ0v) is 11.4. The van der Waals surface area contributed by atoms with Crippen molar-refractivity contribution in [3.05, 3.63) is 30.1 Å². The molecule has 1 aromatic rings. The number of carbonyl (C=O) groups is 3. The second-order valence-corrected chi connectivity index (χ2v) is 4.48. The number of benzene rings is 1. The lowest BCUT2D eigenvalue weighted by atomic mass is 10.1. The van der Waals surface area contributed by atoms with Crippen LogP contribution in [0.2, 0.25) is 0 Å². The van der Waals surface area contributed by atoms with E-state index in [2.05, 4.69) is 16.0 Å². The molecule has 8 heteroatoms. The highest BCUT2D eigenvalue weighted by Gasteiger charge is 2.38. The number of carbonyl (C=O) groups excluding carboxylic acids is 3. The molecule has 0 aromatic heterocycles. The summed E-state index contributed by atoms with van der Waals surface area (Å²) in [5.41, 5.74) is 0.579. The summed E-state index contributed by atoms with van der Waals surface area (Å²) in [5, 5.41) is 7.14. The van der Waals surface area contributed by atoms with E-state index >= 15 is 0 Å². The number of rotatable bonds is 4. The predicted molar refractivity (Wildman–Crippen MR) is 73.1 cm³/mol. The molecule has 0 aliphatic carbocycles. The quantitative estimate of drug-likeness (QED) is 0.659. The first-order valence-electron chi connectivity index (χ1n) is 6.33. The van der Waals surface area contributed by atoms with Crippen LogP contribution in [0.1, 0.15) is 0 Å². The summed E-state index contributed by atoms with van der Waals surface area (Å²) < 4.78 is 12.8. The second kappa shape index (κ2) is 6.21. The minimum absolute atomic E-state index is 0.208. The SMILES string of the molecule is CNC(=O)NCC(=O)N[C@H]1CN(c2ccc(F)cc2)C1=O. The molecule has 4 amide bonds. The number of anilines is 1. The van der Waals surface area contributed by atoms with Crippen LogP contribution in [0, 0.1) is 5.82 Å². The first kappa shape index (κ1) is 14.8. The Hall–Kier alpha value is -2.64. The maximum Gasteiger partial charge on any atom is 0.314 e. The molecular formula is C13H15FN4O3. The fourth-order valence-corrected chi connectivity index (χ4v) is 1.88. The first-order valence-corrected chi connectivity index (χ1v) is 6.33. The molecule has 21 heavy (non-hydrogen) atoms. The van der Waals surface area contributed by atoms with Gasteiger partial charge in [0.15, 0.2) is 0 Å². The third-order valence-corrected chi connectivity index (χ3v) is 3.04. The van der Waals surface area contributed by atoms with Gasteiger partial charge in [-0.25, -0.2) is 9.18 Å². The molecule has 1 aliphatic rings. The van der Waals surface area contributed by atoms with Gasteiger partial charge in [-0.2, -0.15) is 0 Å². The van der Waals surface area contributed by atoms with Crippen molar-refractivity contribution in [1.29, 1.82) is 0 Å². The summed E-state index contributed by atoms with van der Waals surface area (Å²) in [6.07, 6.45) is 0. The molecule has 1 saturated heterocycles. The van der Waals surface area contributed by atoms with Crippen LogP contribution in [0.25, 0.3) is 0 Å². The average Bonchev–Trinajstić information content (AvgIpc) is 2.49. The number of hydrogen-bond donors (Lipinski definition) is 3. The van der Waals surface area contributed by atoms with E-state index in [-0.39, 0.29) is 18.3 Å². The van der Waals surface area contributed by atoms with Gasteiger partial charge in [-0.1, -0.05) is 0 Å². The van der Waals surface area contributed by atoms with Crippen LogP contribution < -0.4 is 20.9 Å². The maximum atomic E-state index is 12.8. The summed E-state index contributed by atoms with van der Waals surface area (Å²) in [5.74, 6) is -1.09. The highest BCUT2D eigenvalue weighted by Crippen LogP contribution is 2.22. The summed E-state index contributed by atoms with van der Waals surface area (Å²) >= 11 is 0. The Morgan fingerprint density at radius 2 is 2.00 bits per heavy atom. The Morgan fingerprint density at radius 1 is 1.33 bits per heavy atom. The molecule has 1 aliphatic heterocycles. The monoisotopic (exact) mass is 294 g/mol. The van der Waals surface area contributed by atoms with Crippen LogP contribution in [0.5, 0.6) is 0 Å². The first-order chi connectivity index (χ1) is 10.0. The normalized spacial score (nSPS) is 17.0. The fourth-order valence-electron chi connectivity index (χ4n) is 1.88. The molecule has 3 N–H and O–H groups in total. The van der Waals surface area contributed by atoms with Crippen LogP contribution in [0.4, 0.5) is 14.9 Å². The fraction of sp³-hybridized carbons (Fsp3) is 0.308. The highest BCUT2D eigenvalue weighted by atomic mass is 19.1. The van der Waals surface area contributed by atoms with Gasteiger partial charge in [0.1, 0.15) is 11.9 Å². The van der Waals surface area contributed by atoms with Crippen LogP contribution in [-0.4, -0.2) is 44.0 Å². The van der Waals surface area contributed by atoms with E-state index in [0.717, 1.165) is 0 Å². The van der Waals surface area contributed by atoms with Crippen LogP contribution in [0.15, 0.2) is 24.3 Å². The smallest absolute Gasteiger partial charge is 0.314 e. The van der Waals surface area contributed by atoms with E-state index in [0.29, 0.717) is 12.2 Å². The second-order valence-electron chi connectivity index (χ2n) is 4.48. The third kappa shape index (κ3) is 3.47. The van der Waals surface area contributed by atoms with Gasteiger partial charge in [0.25, 0.3) is 5.91 Å². The van der Waals surface area contributed by atoms with Gasteiger partial charge in [-0.3, -0.25) is 9.59 Å².